The number of aromatic nitrogens is 2. The SMILES string of the molecule is N#Cc1c(NC2CCC(O)CC2)n[nH]c1N. The molecule has 0 spiro atoms. The van der Waals surface area contributed by atoms with Gasteiger partial charge >= 0.3 is 0 Å². The number of rotatable bonds is 2. The Morgan fingerprint density at radius 2 is 2.12 bits per heavy atom. The molecule has 1 heterocycles. The molecule has 0 aromatic carbocycles. The highest BCUT2D eigenvalue weighted by Gasteiger charge is 2.21. The van der Waals surface area contributed by atoms with Gasteiger partial charge in [-0.3, -0.25) is 5.10 Å². The molecule has 1 fully saturated rings. The molecule has 1 aliphatic rings. The van der Waals surface area contributed by atoms with E-state index in [1.54, 1.807) is 0 Å². The van der Waals surface area contributed by atoms with Gasteiger partial charge < -0.3 is 16.2 Å². The van der Waals surface area contributed by atoms with Crippen LogP contribution in [0.1, 0.15) is 31.2 Å². The Kier molecular flexibility index (Phi) is 2.97. The van der Waals surface area contributed by atoms with Crippen molar-refractivity contribution < 1.29 is 5.11 Å². The lowest BCUT2D eigenvalue weighted by Crippen LogP contribution is -2.28. The predicted octanol–water partition coefficient (Wildman–Crippen LogP) is 0.579. The highest BCUT2D eigenvalue weighted by Crippen LogP contribution is 2.24. The summed E-state index contributed by atoms with van der Waals surface area (Å²) in [5.74, 6) is 0.808. The number of nitrogen functional groups attached to an aromatic ring is 1. The van der Waals surface area contributed by atoms with Crippen LogP contribution in [0.5, 0.6) is 0 Å². The third-order valence-corrected chi connectivity index (χ3v) is 2.94. The van der Waals surface area contributed by atoms with Crippen LogP contribution in [0.2, 0.25) is 0 Å². The van der Waals surface area contributed by atoms with Crippen molar-refractivity contribution in [3.8, 4) is 6.07 Å². The summed E-state index contributed by atoms with van der Waals surface area (Å²) in [6.45, 7) is 0. The fourth-order valence-corrected chi connectivity index (χ4v) is 1.99. The van der Waals surface area contributed by atoms with Crippen molar-refractivity contribution in [2.75, 3.05) is 11.1 Å². The number of nitrogens with one attached hydrogen (secondary N) is 2. The van der Waals surface area contributed by atoms with Crippen LogP contribution in [0.3, 0.4) is 0 Å². The van der Waals surface area contributed by atoms with Gasteiger partial charge in [-0.25, -0.2) is 0 Å². The van der Waals surface area contributed by atoms with Crippen LogP contribution in [-0.2, 0) is 0 Å². The number of nitrogens with zero attached hydrogens (tertiary/aromatic N) is 2. The normalized spacial score (nSPS) is 25.0. The van der Waals surface area contributed by atoms with Gasteiger partial charge in [0, 0.05) is 6.04 Å². The van der Waals surface area contributed by atoms with Gasteiger partial charge in [-0.1, -0.05) is 0 Å². The molecule has 1 aliphatic carbocycles. The molecule has 0 unspecified atom stereocenters. The summed E-state index contributed by atoms with van der Waals surface area (Å²) in [6, 6.07) is 2.27. The Bertz CT molecular complexity index is 400. The first-order chi connectivity index (χ1) is 7.70. The largest absolute Gasteiger partial charge is 0.393 e. The van der Waals surface area contributed by atoms with Crippen LogP contribution in [0, 0.1) is 11.3 Å². The maximum absolute atomic E-state index is 9.38. The summed E-state index contributed by atoms with van der Waals surface area (Å²) in [5.41, 5.74) is 5.93. The fourth-order valence-electron chi connectivity index (χ4n) is 1.99. The van der Waals surface area contributed by atoms with Gasteiger partial charge in [-0.15, -0.1) is 0 Å². The summed E-state index contributed by atoms with van der Waals surface area (Å²) in [7, 11) is 0. The Morgan fingerprint density at radius 3 is 2.75 bits per heavy atom. The van der Waals surface area contributed by atoms with E-state index in [2.05, 4.69) is 15.5 Å². The second-order valence-corrected chi connectivity index (χ2v) is 4.12. The van der Waals surface area contributed by atoms with Crippen molar-refractivity contribution in [2.24, 2.45) is 0 Å². The highest BCUT2D eigenvalue weighted by atomic mass is 16.3. The molecule has 16 heavy (non-hydrogen) atoms. The highest BCUT2D eigenvalue weighted by molar-refractivity contribution is 5.63. The molecule has 0 bridgehead atoms. The summed E-state index contributed by atoms with van der Waals surface area (Å²) >= 11 is 0. The van der Waals surface area contributed by atoms with Gasteiger partial charge in [0.15, 0.2) is 5.82 Å². The first-order valence-corrected chi connectivity index (χ1v) is 5.39. The van der Waals surface area contributed by atoms with Gasteiger partial charge in [0.25, 0.3) is 0 Å². The molecule has 86 valence electrons. The van der Waals surface area contributed by atoms with Crippen LogP contribution >= 0.6 is 0 Å². The quantitative estimate of drug-likeness (QED) is 0.583. The fraction of sp³-hybridized carbons (Fsp3) is 0.600. The van der Waals surface area contributed by atoms with Crippen LogP contribution in [-0.4, -0.2) is 27.4 Å². The van der Waals surface area contributed by atoms with Crippen LogP contribution in [0.25, 0.3) is 0 Å². The van der Waals surface area contributed by atoms with E-state index in [1.807, 2.05) is 6.07 Å². The molecule has 5 N–H and O–H groups in total. The van der Waals surface area contributed by atoms with Crippen molar-refractivity contribution in [1.29, 1.82) is 5.26 Å². The molecule has 6 nitrogen and oxygen atoms in total. The minimum absolute atomic E-state index is 0.183. The van der Waals surface area contributed by atoms with Crippen LogP contribution < -0.4 is 11.1 Å². The first kappa shape index (κ1) is 10.8. The number of anilines is 2. The predicted molar refractivity (Wildman–Crippen MR) is 59.6 cm³/mol. The van der Waals surface area contributed by atoms with E-state index < -0.39 is 0 Å². The molecule has 1 saturated carbocycles. The number of hydrogen-bond acceptors (Lipinski definition) is 5. The molecule has 2 rings (SSSR count). The number of hydrogen-bond donors (Lipinski definition) is 4. The molecule has 0 atom stereocenters. The van der Waals surface area contributed by atoms with Crippen LogP contribution in [0.4, 0.5) is 11.6 Å². The summed E-state index contributed by atoms with van der Waals surface area (Å²) in [4.78, 5) is 0. The topological polar surface area (TPSA) is 111 Å². The van der Waals surface area contributed by atoms with Gasteiger partial charge in [0.05, 0.1) is 6.10 Å². The third kappa shape index (κ3) is 2.09. The monoisotopic (exact) mass is 221 g/mol. The number of H-pyrrole nitrogens is 1. The molecule has 0 amide bonds. The zero-order valence-corrected chi connectivity index (χ0v) is 8.90. The maximum atomic E-state index is 9.38. The Balaban J connectivity index is 2.02. The lowest BCUT2D eigenvalue weighted by Gasteiger charge is -2.26. The Morgan fingerprint density at radius 1 is 1.44 bits per heavy atom. The lowest BCUT2D eigenvalue weighted by atomic mass is 9.93. The zero-order chi connectivity index (χ0) is 11.5. The number of nitrogens with two attached hydrogens (primary N) is 1. The molecule has 1 aromatic heterocycles. The second kappa shape index (κ2) is 4.41. The lowest BCUT2D eigenvalue weighted by molar-refractivity contribution is 0.126. The summed E-state index contributed by atoms with van der Waals surface area (Å²) in [5, 5.41) is 28.0. The first-order valence-electron chi connectivity index (χ1n) is 5.39. The molecule has 6 heteroatoms. The van der Waals surface area contributed by atoms with E-state index in [0.29, 0.717) is 17.2 Å². The Labute approximate surface area is 93.5 Å². The Hall–Kier alpha value is -1.74. The van der Waals surface area contributed by atoms with Crippen molar-refractivity contribution in [2.45, 2.75) is 37.8 Å². The van der Waals surface area contributed by atoms with Crippen molar-refractivity contribution in [3.05, 3.63) is 5.56 Å². The van der Waals surface area contributed by atoms with Crippen molar-refractivity contribution in [1.82, 2.24) is 10.2 Å². The molecule has 0 saturated heterocycles. The maximum Gasteiger partial charge on any atom is 0.168 e. The third-order valence-electron chi connectivity index (χ3n) is 2.94. The van der Waals surface area contributed by atoms with E-state index in [9.17, 15) is 5.11 Å². The second-order valence-electron chi connectivity index (χ2n) is 4.12. The van der Waals surface area contributed by atoms with Gasteiger partial charge in [-0.05, 0) is 25.7 Å². The van der Waals surface area contributed by atoms with E-state index in [4.69, 9.17) is 11.0 Å². The molecular formula is C10H15N5O. The molecule has 1 aromatic rings. The summed E-state index contributed by atoms with van der Waals surface area (Å²) < 4.78 is 0. The van der Waals surface area contributed by atoms with E-state index >= 15 is 0 Å². The molecular weight excluding hydrogens is 206 g/mol. The van der Waals surface area contributed by atoms with Crippen molar-refractivity contribution in [3.63, 3.8) is 0 Å². The summed E-state index contributed by atoms with van der Waals surface area (Å²) in [6.07, 6.45) is 3.18. The minimum Gasteiger partial charge on any atom is -0.393 e. The van der Waals surface area contributed by atoms with Gasteiger partial charge in [0.1, 0.15) is 17.5 Å². The zero-order valence-electron chi connectivity index (χ0n) is 8.90. The minimum atomic E-state index is -0.183. The van der Waals surface area contributed by atoms with E-state index in [1.165, 1.54) is 0 Å². The van der Waals surface area contributed by atoms with E-state index in [-0.39, 0.29) is 12.1 Å². The average Bonchev–Trinajstić information content (AvgIpc) is 2.63. The standard InChI is InChI=1S/C10H15N5O/c11-5-8-9(12)14-15-10(8)13-6-1-3-7(16)4-2-6/h6-7,16H,1-4H2,(H4,12,13,14,15). The number of aliphatic hydroxyl groups excluding tert-OH is 1. The van der Waals surface area contributed by atoms with E-state index in [0.717, 1.165) is 25.7 Å². The van der Waals surface area contributed by atoms with Gasteiger partial charge in [0.2, 0.25) is 0 Å². The number of nitriles is 1. The number of aromatic amines is 1. The van der Waals surface area contributed by atoms with Crippen LogP contribution in [0.15, 0.2) is 0 Å². The van der Waals surface area contributed by atoms with Gasteiger partial charge in [-0.2, -0.15) is 10.4 Å². The average molecular weight is 221 g/mol. The van der Waals surface area contributed by atoms with Crippen molar-refractivity contribution >= 4 is 11.6 Å². The smallest absolute Gasteiger partial charge is 0.168 e. The molecule has 0 aliphatic heterocycles. The number of aliphatic hydroxyl groups is 1. The molecule has 0 radical (unpaired) electrons.